The van der Waals surface area contributed by atoms with E-state index in [2.05, 4.69) is 9.97 Å². The molecule has 0 unspecified atom stereocenters. The maximum atomic E-state index is 12.6. The number of carbonyl (C=O) groups excluding carboxylic acids is 1. The van der Waals surface area contributed by atoms with Gasteiger partial charge in [-0.3, -0.25) is 9.59 Å². The quantitative estimate of drug-likeness (QED) is 0.708. The highest BCUT2D eigenvalue weighted by atomic mass is 16.3. The molecule has 0 radical (unpaired) electrons. The third-order valence-electron chi connectivity index (χ3n) is 4.01. The van der Waals surface area contributed by atoms with Crippen molar-refractivity contribution in [3.05, 3.63) is 58.0 Å². The van der Waals surface area contributed by atoms with Gasteiger partial charge in [0.15, 0.2) is 11.2 Å². The molecule has 2 N–H and O–H groups in total. The highest BCUT2D eigenvalue weighted by Gasteiger charge is 2.25. The van der Waals surface area contributed by atoms with Crippen molar-refractivity contribution in [2.75, 3.05) is 6.54 Å². The maximum absolute atomic E-state index is 12.6. The van der Waals surface area contributed by atoms with E-state index in [0.29, 0.717) is 19.5 Å². The van der Waals surface area contributed by atoms with Gasteiger partial charge in [0.05, 0.1) is 24.3 Å². The number of imidazole rings is 1. The number of phenols is 1. The number of phenolic OH excluding ortho intramolecular Hbond substituents is 1. The minimum atomic E-state index is -0.438. The van der Waals surface area contributed by atoms with Gasteiger partial charge < -0.3 is 19.4 Å². The van der Waals surface area contributed by atoms with Gasteiger partial charge in [0, 0.05) is 19.0 Å². The van der Waals surface area contributed by atoms with Crippen LogP contribution in [0.2, 0.25) is 0 Å². The standard InChI is InChI=1S/C16H13N3O4/c20-11-2-1-3-13-15(11)12(21)6-14(23-13)16(22)19-5-4-9-10(7-19)18-8-17-9/h1-3,6,8,20H,4-5,7H2,(H,17,18). The molecule has 0 bridgehead atoms. The van der Waals surface area contributed by atoms with Crippen molar-refractivity contribution in [1.29, 1.82) is 0 Å². The van der Waals surface area contributed by atoms with Crippen LogP contribution in [0.25, 0.3) is 11.0 Å². The normalized spacial score (nSPS) is 14.0. The summed E-state index contributed by atoms with van der Waals surface area (Å²) >= 11 is 0. The molecule has 23 heavy (non-hydrogen) atoms. The van der Waals surface area contributed by atoms with E-state index in [1.807, 2.05) is 0 Å². The lowest BCUT2D eigenvalue weighted by atomic mass is 10.1. The van der Waals surface area contributed by atoms with Gasteiger partial charge in [-0.15, -0.1) is 0 Å². The predicted molar refractivity (Wildman–Crippen MR) is 81.2 cm³/mol. The fourth-order valence-corrected chi connectivity index (χ4v) is 2.84. The first-order valence-corrected chi connectivity index (χ1v) is 7.20. The number of nitrogens with one attached hydrogen (secondary N) is 1. The molecule has 1 aliphatic rings. The molecule has 4 rings (SSSR count). The number of H-pyrrole nitrogens is 1. The first-order valence-electron chi connectivity index (χ1n) is 7.20. The Kier molecular flexibility index (Phi) is 2.94. The van der Waals surface area contributed by atoms with Crippen LogP contribution in [-0.4, -0.2) is 32.4 Å². The van der Waals surface area contributed by atoms with Crippen LogP contribution in [0, 0.1) is 0 Å². The van der Waals surface area contributed by atoms with E-state index in [1.54, 1.807) is 23.4 Å². The number of nitrogens with zero attached hydrogens (tertiary/aromatic N) is 2. The van der Waals surface area contributed by atoms with Gasteiger partial charge in [-0.1, -0.05) is 6.07 Å². The summed E-state index contributed by atoms with van der Waals surface area (Å²) in [5.41, 5.74) is 1.61. The fourth-order valence-electron chi connectivity index (χ4n) is 2.84. The van der Waals surface area contributed by atoms with Crippen LogP contribution in [0.3, 0.4) is 0 Å². The second-order valence-corrected chi connectivity index (χ2v) is 5.43. The Balaban J connectivity index is 1.72. The highest BCUT2D eigenvalue weighted by molar-refractivity contribution is 5.94. The number of amides is 1. The summed E-state index contributed by atoms with van der Waals surface area (Å²) in [4.78, 5) is 33.6. The Morgan fingerprint density at radius 2 is 2.26 bits per heavy atom. The van der Waals surface area contributed by atoms with E-state index < -0.39 is 5.43 Å². The van der Waals surface area contributed by atoms with Crippen LogP contribution < -0.4 is 5.43 Å². The smallest absolute Gasteiger partial charge is 0.290 e. The molecule has 0 spiro atoms. The summed E-state index contributed by atoms with van der Waals surface area (Å²) in [7, 11) is 0. The summed E-state index contributed by atoms with van der Waals surface area (Å²) in [5, 5.41) is 9.83. The zero-order chi connectivity index (χ0) is 16.0. The van der Waals surface area contributed by atoms with Crippen LogP contribution in [0.15, 0.2) is 39.8 Å². The topological polar surface area (TPSA) is 99.4 Å². The molecule has 0 saturated carbocycles. The summed E-state index contributed by atoms with van der Waals surface area (Å²) < 4.78 is 5.53. The Morgan fingerprint density at radius 1 is 1.39 bits per heavy atom. The minimum absolute atomic E-state index is 0.0314. The highest BCUT2D eigenvalue weighted by Crippen LogP contribution is 2.23. The average Bonchev–Trinajstić information content (AvgIpc) is 3.01. The molecule has 3 heterocycles. The van der Waals surface area contributed by atoms with Gasteiger partial charge in [-0.25, -0.2) is 4.98 Å². The van der Waals surface area contributed by atoms with Crippen LogP contribution in [0.5, 0.6) is 5.75 Å². The Hall–Kier alpha value is -3.09. The molecule has 0 fully saturated rings. The lowest BCUT2D eigenvalue weighted by Crippen LogP contribution is -2.36. The molecular weight excluding hydrogens is 298 g/mol. The van der Waals surface area contributed by atoms with Crippen LogP contribution in [0.1, 0.15) is 21.9 Å². The summed E-state index contributed by atoms with van der Waals surface area (Å²) in [6, 6.07) is 5.65. The van der Waals surface area contributed by atoms with Crippen molar-refractivity contribution in [2.45, 2.75) is 13.0 Å². The van der Waals surface area contributed by atoms with E-state index in [-0.39, 0.29) is 28.4 Å². The van der Waals surface area contributed by atoms with Gasteiger partial charge in [-0.05, 0) is 12.1 Å². The number of fused-ring (bicyclic) bond motifs is 2. The molecular formula is C16H13N3O4. The monoisotopic (exact) mass is 311 g/mol. The molecule has 0 atom stereocenters. The van der Waals surface area contributed by atoms with Gasteiger partial charge in [0.2, 0.25) is 0 Å². The van der Waals surface area contributed by atoms with Gasteiger partial charge >= 0.3 is 0 Å². The van der Waals surface area contributed by atoms with Crippen molar-refractivity contribution < 1.29 is 14.3 Å². The van der Waals surface area contributed by atoms with Crippen LogP contribution in [-0.2, 0) is 13.0 Å². The van der Waals surface area contributed by atoms with E-state index >= 15 is 0 Å². The summed E-state index contributed by atoms with van der Waals surface area (Å²) in [6.07, 6.45) is 2.26. The summed E-state index contributed by atoms with van der Waals surface area (Å²) in [5.74, 6) is -0.543. The number of hydrogen-bond acceptors (Lipinski definition) is 5. The lowest BCUT2D eigenvalue weighted by molar-refractivity contribution is 0.0700. The molecule has 116 valence electrons. The fraction of sp³-hybridized carbons (Fsp3) is 0.188. The minimum Gasteiger partial charge on any atom is -0.507 e. The first kappa shape index (κ1) is 13.6. The van der Waals surface area contributed by atoms with E-state index in [1.165, 1.54) is 6.07 Å². The molecule has 3 aromatic rings. The predicted octanol–water partition coefficient (Wildman–Crippen LogP) is 1.42. The third kappa shape index (κ3) is 2.17. The number of carbonyl (C=O) groups is 1. The molecule has 7 heteroatoms. The van der Waals surface area contributed by atoms with Gasteiger partial charge in [-0.2, -0.15) is 0 Å². The molecule has 1 aromatic carbocycles. The van der Waals surface area contributed by atoms with Crippen molar-refractivity contribution in [1.82, 2.24) is 14.9 Å². The van der Waals surface area contributed by atoms with Gasteiger partial charge in [0.1, 0.15) is 16.7 Å². The van der Waals surface area contributed by atoms with Crippen molar-refractivity contribution in [3.63, 3.8) is 0 Å². The average molecular weight is 311 g/mol. The lowest BCUT2D eigenvalue weighted by Gasteiger charge is -2.25. The van der Waals surface area contributed by atoms with Crippen molar-refractivity contribution in [3.8, 4) is 5.75 Å². The van der Waals surface area contributed by atoms with Crippen molar-refractivity contribution in [2.24, 2.45) is 0 Å². The van der Waals surface area contributed by atoms with E-state index in [9.17, 15) is 14.7 Å². The number of aromatic nitrogens is 2. The Bertz CT molecular complexity index is 973. The molecule has 0 saturated heterocycles. The van der Waals surface area contributed by atoms with E-state index in [0.717, 1.165) is 17.5 Å². The maximum Gasteiger partial charge on any atom is 0.290 e. The molecule has 0 aliphatic carbocycles. The molecule has 2 aromatic heterocycles. The largest absolute Gasteiger partial charge is 0.507 e. The zero-order valence-electron chi connectivity index (χ0n) is 12.1. The SMILES string of the molecule is O=C(c1cc(=O)c2c(O)cccc2o1)N1CCc2nc[nH]c2C1. The number of hydrogen-bond donors (Lipinski definition) is 2. The van der Waals surface area contributed by atoms with Gasteiger partial charge in [0.25, 0.3) is 5.91 Å². The third-order valence-corrected chi connectivity index (χ3v) is 4.01. The molecule has 1 aliphatic heterocycles. The Labute approximate surface area is 130 Å². The number of benzene rings is 1. The van der Waals surface area contributed by atoms with Crippen LogP contribution >= 0.6 is 0 Å². The second kappa shape index (κ2) is 4.98. The molecule has 7 nitrogen and oxygen atoms in total. The number of aromatic amines is 1. The summed E-state index contributed by atoms with van der Waals surface area (Å²) in [6.45, 7) is 0.911. The second-order valence-electron chi connectivity index (χ2n) is 5.43. The van der Waals surface area contributed by atoms with E-state index in [4.69, 9.17) is 4.42 Å². The number of rotatable bonds is 1. The zero-order valence-corrected chi connectivity index (χ0v) is 12.1. The van der Waals surface area contributed by atoms with Crippen molar-refractivity contribution >= 4 is 16.9 Å². The number of aromatic hydroxyl groups is 1. The molecule has 1 amide bonds. The van der Waals surface area contributed by atoms with Crippen LogP contribution in [0.4, 0.5) is 0 Å². The first-order chi connectivity index (χ1) is 11.1. The Morgan fingerprint density at radius 3 is 3.13 bits per heavy atom.